The summed E-state index contributed by atoms with van der Waals surface area (Å²) in [6.45, 7) is 8.89. The highest BCUT2D eigenvalue weighted by Gasteiger charge is 2.13. The molecule has 0 rings (SSSR count). The molecule has 74 valence electrons. The van der Waals surface area contributed by atoms with Gasteiger partial charge in [-0.2, -0.15) is 11.8 Å². The standard InChI is InChI=1S/C9H22N2S/c1-5-6-8(11-10)7-12-9(2,3)4/h8,11H,5-7,10H2,1-4H3. The van der Waals surface area contributed by atoms with E-state index in [2.05, 4.69) is 33.1 Å². The second kappa shape index (κ2) is 5.84. The van der Waals surface area contributed by atoms with Gasteiger partial charge in [0.05, 0.1) is 0 Å². The summed E-state index contributed by atoms with van der Waals surface area (Å²) in [6.07, 6.45) is 2.36. The molecule has 1 unspecified atom stereocenters. The number of hydrazine groups is 1. The average molecular weight is 190 g/mol. The van der Waals surface area contributed by atoms with Crippen molar-refractivity contribution < 1.29 is 0 Å². The van der Waals surface area contributed by atoms with E-state index in [0.29, 0.717) is 10.8 Å². The van der Waals surface area contributed by atoms with Crippen molar-refractivity contribution in [1.29, 1.82) is 0 Å². The van der Waals surface area contributed by atoms with Gasteiger partial charge in [0, 0.05) is 16.5 Å². The molecule has 0 fully saturated rings. The first kappa shape index (κ1) is 12.3. The minimum Gasteiger partial charge on any atom is -0.271 e. The van der Waals surface area contributed by atoms with E-state index >= 15 is 0 Å². The van der Waals surface area contributed by atoms with Crippen LogP contribution in [-0.2, 0) is 0 Å². The van der Waals surface area contributed by atoms with Crippen molar-refractivity contribution in [3.05, 3.63) is 0 Å². The SMILES string of the molecule is CCCC(CSC(C)(C)C)NN. The lowest BCUT2D eigenvalue weighted by molar-refractivity contribution is 0.531. The van der Waals surface area contributed by atoms with Gasteiger partial charge in [-0.3, -0.25) is 11.3 Å². The molecule has 0 aliphatic rings. The van der Waals surface area contributed by atoms with Crippen molar-refractivity contribution in [2.45, 2.75) is 51.3 Å². The number of nitrogens with one attached hydrogen (secondary N) is 1. The monoisotopic (exact) mass is 190 g/mol. The molecule has 0 aromatic rings. The number of nitrogens with two attached hydrogens (primary N) is 1. The van der Waals surface area contributed by atoms with Crippen LogP contribution in [-0.4, -0.2) is 16.5 Å². The van der Waals surface area contributed by atoms with Crippen molar-refractivity contribution in [2.24, 2.45) is 5.84 Å². The number of rotatable bonds is 5. The highest BCUT2D eigenvalue weighted by atomic mass is 32.2. The van der Waals surface area contributed by atoms with E-state index in [4.69, 9.17) is 5.84 Å². The molecule has 0 saturated heterocycles. The molecular formula is C9H22N2S. The third kappa shape index (κ3) is 6.95. The van der Waals surface area contributed by atoms with E-state index in [1.165, 1.54) is 12.8 Å². The van der Waals surface area contributed by atoms with Crippen LogP contribution in [0.5, 0.6) is 0 Å². The first-order valence-corrected chi connectivity index (χ1v) is 5.58. The molecule has 0 saturated carbocycles. The predicted molar refractivity (Wildman–Crippen MR) is 58.2 cm³/mol. The molecule has 3 N–H and O–H groups in total. The maximum absolute atomic E-state index is 5.42. The minimum atomic E-state index is 0.350. The summed E-state index contributed by atoms with van der Waals surface area (Å²) in [7, 11) is 0. The third-order valence-electron chi connectivity index (χ3n) is 1.59. The first-order valence-electron chi connectivity index (χ1n) is 4.59. The van der Waals surface area contributed by atoms with Crippen LogP contribution in [0, 0.1) is 0 Å². The molecule has 0 radical (unpaired) electrons. The van der Waals surface area contributed by atoms with Gasteiger partial charge in [0.2, 0.25) is 0 Å². The van der Waals surface area contributed by atoms with Crippen molar-refractivity contribution in [1.82, 2.24) is 5.43 Å². The molecule has 0 aromatic carbocycles. The van der Waals surface area contributed by atoms with E-state index in [0.717, 1.165) is 5.75 Å². The Labute approximate surface area is 80.6 Å². The fourth-order valence-corrected chi connectivity index (χ4v) is 1.88. The third-order valence-corrected chi connectivity index (χ3v) is 3.03. The zero-order valence-electron chi connectivity index (χ0n) is 8.68. The van der Waals surface area contributed by atoms with Crippen LogP contribution in [0.2, 0.25) is 0 Å². The summed E-state index contributed by atoms with van der Waals surface area (Å²) >= 11 is 1.96. The van der Waals surface area contributed by atoms with Crippen molar-refractivity contribution in [3.63, 3.8) is 0 Å². The van der Waals surface area contributed by atoms with Gasteiger partial charge in [0.1, 0.15) is 0 Å². The second-order valence-corrected chi connectivity index (χ2v) is 5.92. The van der Waals surface area contributed by atoms with Gasteiger partial charge in [0.25, 0.3) is 0 Å². The van der Waals surface area contributed by atoms with Gasteiger partial charge >= 0.3 is 0 Å². The Morgan fingerprint density at radius 1 is 1.42 bits per heavy atom. The van der Waals surface area contributed by atoms with E-state index < -0.39 is 0 Å². The van der Waals surface area contributed by atoms with Crippen LogP contribution in [0.4, 0.5) is 0 Å². The number of thioether (sulfide) groups is 1. The zero-order valence-corrected chi connectivity index (χ0v) is 9.50. The van der Waals surface area contributed by atoms with Gasteiger partial charge in [-0.15, -0.1) is 0 Å². The van der Waals surface area contributed by atoms with Gasteiger partial charge in [-0.25, -0.2) is 0 Å². The molecule has 0 bridgehead atoms. The highest BCUT2D eigenvalue weighted by molar-refractivity contribution is 8.00. The molecule has 0 aliphatic heterocycles. The van der Waals surface area contributed by atoms with Crippen LogP contribution in [0.25, 0.3) is 0 Å². The van der Waals surface area contributed by atoms with Gasteiger partial charge in [-0.1, -0.05) is 34.1 Å². The van der Waals surface area contributed by atoms with Gasteiger partial charge in [-0.05, 0) is 6.42 Å². The van der Waals surface area contributed by atoms with Crippen LogP contribution < -0.4 is 11.3 Å². The Kier molecular flexibility index (Phi) is 5.97. The van der Waals surface area contributed by atoms with Crippen LogP contribution in [0.1, 0.15) is 40.5 Å². The van der Waals surface area contributed by atoms with E-state index in [1.54, 1.807) is 0 Å². The Hall–Kier alpha value is 0.270. The van der Waals surface area contributed by atoms with Crippen LogP contribution >= 0.6 is 11.8 Å². The quantitative estimate of drug-likeness (QED) is 0.515. The highest BCUT2D eigenvalue weighted by Crippen LogP contribution is 2.24. The summed E-state index contributed by atoms with van der Waals surface area (Å²) in [4.78, 5) is 0. The maximum atomic E-state index is 5.42. The average Bonchev–Trinajstić information content (AvgIpc) is 1.96. The number of hydrogen-bond donors (Lipinski definition) is 2. The molecule has 3 heteroatoms. The molecule has 0 aromatic heterocycles. The van der Waals surface area contributed by atoms with E-state index in [1.807, 2.05) is 11.8 Å². The lowest BCUT2D eigenvalue weighted by Crippen LogP contribution is -2.37. The van der Waals surface area contributed by atoms with Gasteiger partial charge in [0.15, 0.2) is 0 Å². The lowest BCUT2D eigenvalue weighted by Gasteiger charge is -2.22. The molecule has 2 nitrogen and oxygen atoms in total. The molecule has 0 aliphatic carbocycles. The fraction of sp³-hybridized carbons (Fsp3) is 1.00. The molecule has 0 spiro atoms. The van der Waals surface area contributed by atoms with E-state index in [9.17, 15) is 0 Å². The lowest BCUT2D eigenvalue weighted by atomic mass is 10.2. The Morgan fingerprint density at radius 2 is 2.00 bits per heavy atom. The Balaban J connectivity index is 3.58. The summed E-state index contributed by atoms with van der Waals surface area (Å²) in [5.74, 6) is 6.53. The molecule has 1 atom stereocenters. The van der Waals surface area contributed by atoms with Crippen molar-refractivity contribution >= 4 is 11.8 Å². The fourth-order valence-electron chi connectivity index (χ4n) is 0.914. The summed E-state index contributed by atoms with van der Waals surface area (Å²) in [6, 6.07) is 0.472. The predicted octanol–water partition coefficient (Wildman–Crippen LogP) is 2.15. The van der Waals surface area contributed by atoms with Crippen LogP contribution in [0.15, 0.2) is 0 Å². The molecule has 12 heavy (non-hydrogen) atoms. The normalized spacial score (nSPS) is 14.8. The second-order valence-electron chi connectivity index (χ2n) is 4.08. The molecule has 0 heterocycles. The molecule has 0 amide bonds. The summed E-state index contributed by atoms with van der Waals surface area (Å²) in [5, 5.41) is 0. The zero-order chi connectivity index (χ0) is 9.61. The largest absolute Gasteiger partial charge is 0.271 e. The van der Waals surface area contributed by atoms with Crippen LogP contribution in [0.3, 0.4) is 0 Å². The first-order chi connectivity index (χ1) is 5.49. The van der Waals surface area contributed by atoms with Crippen molar-refractivity contribution in [3.8, 4) is 0 Å². The topological polar surface area (TPSA) is 38.0 Å². The number of hydrogen-bond acceptors (Lipinski definition) is 3. The Morgan fingerprint density at radius 3 is 2.33 bits per heavy atom. The maximum Gasteiger partial charge on any atom is 0.0301 e. The smallest absolute Gasteiger partial charge is 0.0301 e. The summed E-state index contributed by atoms with van der Waals surface area (Å²) in [5.41, 5.74) is 2.85. The van der Waals surface area contributed by atoms with E-state index in [-0.39, 0.29) is 0 Å². The van der Waals surface area contributed by atoms with Gasteiger partial charge < -0.3 is 0 Å². The minimum absolute atomic E-state index is 0.350. The summed E-state index contributed by atoms with van der Waals surface area (Å²) < 4.78 is 0.350. The van der Waals surface area contributed by atoms with Crippen molar-refractivity contribution in [2.75, 3.05) is 5.75 Å². The molecular weight excluding hydrogens is 168 g/mol. The Bertz CT molecular complexity index is 110.